The molecule has 3 heteroatoms. The van der Waals surface area contributed by atoms with E-state index in [0.29, 0.717) is 0 Å². The lowest BCUT2D eigenvalue weighted by Crippen LogP contribution is -2.36. The molecule has 0 aromatic carbocycles. The summed E-state index contributed by atoms with van der Waals surface area (Å²) < 4.78 is 0. The Morgan fingerprint density at radius 3 is 3.36 bits per heavy atom. The van der Waals surface area contributed by atoms with Gasteiger partial charge in [-0.2, -0.15) is 0 Å². The SMILES string of the molecule is ClC1C=CC2=C(NCCC2)N1. The molecule has 2 rings (SSSR count). The summed E-state index contributed by atoms with van der Waals surface area (Å²) >= 11 is 5.86. The van der Waals surface area contributed by atoms with Crippen LogP contribution >= 0.6 is 11.6 Å². The number of rotatable bonds is 0. The lowest BCUT2D eigenvalue weighted by molar-refractivity contribution is 0.600. The standard InChI is InChI=1S/C8H11ClN2/c9-7-4-3-6-2-1-5-10-8(6)11-7/h3-4,7,10-11H,1-2,5H2. The van der Waals surface area contributed by atoms with E-state index in [1.807, 2.05) is 6.08 Å². The second-order valence-electron chi connectivity index (χ2n) is 2.84. The first-order valence-corrected chi connectivity index (χ1v) is 4.36. The summed E-state index contributed by atoms with van der Waals surface area (Å²) in [4.78, 5) is 0. The zero-order valence-corrected chi connectivity index (χ0v) is 6.99. The Labute approximate surface area is 71.3 Å². The summed E-state index contributed by atoms with van der Waals surface area (Å²) in [6, 6.07) is 0. The Morgan fingerprint density at radius 2 is 2.45 bits per heavy atom. The van der Waals surface area contributed by atoms with Gasteiger partial charge in [0.05, 0.1) is 0 Å². The van der Waals surface area contributed by atoms with Crippen molar-refractivity contribution < 1.29 is 0 Å². The number of halogens is 1. The summed E-state index contributed by atoms with van der Waals surface area (Å²) in [5, 5.41) is 6.45. The Bertz CT molecular complexity index is 220. The third-order valence-corrected chi connectivity index (χ3v) is 2.25. The molecule has 0 spiro atoms. The molecule has 11 heavy (non-hydrogen) atoms. The first-order chi connectivity index (χ1) is 5.36. The van der Waals surface area contributed by atoms with Gasteiger partial charge < -0.3 is 10.6 Å². The maximum atomic E-state index is 5.86. The van der Waals surface area contributed by atoms with Crippen molar-refractivity contribution in [1.82, 2.24) is 10.6 Å². The highest BCUT2D eigenvalue weighted by Crippen LogP contribution is 2.19. The van der Waals surface area contributed by atoms with Crippen LogP contribution in [0.1, 0.15) is 12.8 Å². The van der Waals surface area contributed by atoms with E-state index in [2.05, 4.69) is 16.7 Å². The molecular formula is C8H11ClN2. The van der Waals surface area contributed by atoms with E-state index in [9.17, 15) is 0 Å². The van der Waals surface area contributed by atoms with Crippen LogP contribution in [-0.2, 0) is 0 Å². The van der Waals surface area contributed by atoms with Crippen LogP contribution in [-0.4, -0.2) is 12.0 Å². The molecule has 0 radical (unpaired) electrons. The van der Waals surface area contributed by atoms with Crippen LogP contribution in [0, 0.1) is 0 Å². The molecule has 0 aliphatic carbocycles. The van der Waals surface area contributed by atoms with Crippen molar-refractivity contribution in [2.75, 3.05) is 6.54 Å². The van der Waals surface area contributed by atoms with E-state index in [1.165, 1.54) is 12.0 Å². The Balaban J connectivity index is 2.20. The molecule has 2 heterocycles. The fourth-order valence-electron chi connectivity index (χ4n) is 1.43. The minimum atomic E-state index is -0.0423. The molecule has 2 aliphatic heterocycles. The van der Waals surface area contributed by atoms with E-state index in [1.54, 1.807) is 0 Å². The molecule has 60 valence electrons. The van der Waals surface area contributed by atoms with E-state index >= 15 is 0 Å². The lowest BCUT2D eigenvalue weighted by atomic mass is 10.0. The molecule has 0 saturated heterocycles. The van der Waals surface area contributed by atoms with E-state index in [-0.39, 0.29) is 5.50 Å². The minimum Gasteiger partial charge on any atom is -0.372 e. The molecule has 2 aliphatic rings. The first kappa shape index (κ1) is 7.04. The zero-order chi connectivity index (χ0) is 7.68. The van der Waals surface area contributed by atoms with Crippen molar-refractivity contribution in [2.24, 2.45) is 0 Å². The highest BCUT2D eigenvalue weighted by Gasteiger charge is 2.15. The monoisotopic (exact) mass is 170 g/mol. The predicted octanol–water partition coefficient (Wildman–Crippen LogP) is 1.31. The van der Waals surface area contributed by atoms with Gasteiger partial charge >= 0.3 is 0 Å². The maximum absolute atomic E-state index is 5.86. The maximum Gasteiger partial charge on any atom is 0.121 e. The van der Waals surface area contributed by atoms with Gasteiger partial charge in [-0.3, -0.25) is 0 Å². The average molecular weight is 171 g/mol. The summed E-state index contributed by atoms with van der Waals surface area (Å²) in [5.74, 6) is 1.12. The molecule has 2 N–H and O–H groups in total. The van der Waals surface area contributed by atoms with E-state index in [0.717, 1.165) is 18.8 Å². The Kier molecular flexibility index (Phi) is 1.78. The van der Waals surface area contributed by atoms with Gasteiger partial charge in [0.1, 0.15) is 11.3 Å². The number of allylic oxidation sites excluding steroid dienone is 2. The number of nitrogens with one attached hydrogen (secondary N) is 2. The zero-order valence-electron chi connectivity index (χ0n) is 6.23. The molecule has 0 aromatic heterocycles. The normalized spacial score (nSPS) is 29.0. The lowest BCUT2D eigenvalue weighted by Gasteiger charge is -2.26. The van der Waals surface area contributed by atoms with E-state index < -0.39 is 0 Å². The molecule has 1 atom stereocenters. The molecule has 0 fully saturated rings. The van der Waals surface area contributed by atoms with Crippen molar-refractivity contribution >= 4 is 11.6 Å². The van der Waals surface area contributed by atoms with Gasteiger partial charge in [0, 0.05) is 6.54 Å². The third kappa shape index (κ3) is 1.36. The molecule has 2 nitrogen and oxygen atoms in total. The van der Waals surface area contributed by atoms with Crippen LogP contribution in [0.25, 0.3) is 0 Å². The number of hydrogen-bond acceptors (Lipinski definition) is 2. The molecule has 1 unspecified atom stereocenters. The van der Waals surface area contributed by atoms with Gasteiger partial charge in [-0.05, 0) is 24.5 Å². The second kappa shape index (κ2) is 2.78. The van der Waals surface area contributed by atoms with Gasteiger partial charge in [-0.25, -0.2) is 0 Å². The van der Waals surface area contributed by atoms with Crippen LogP contribution in [0.5, 0.6) is 0 Å². The molecule has 0 amide bonds. The fraction of sp³-hybridized carbons (Fsp3) is 0.500. The van der Waals surface area contributed by atoms with Gasteiger partial charge in [0.25, 0.3) is 0 Å². The van der Waals surface area contributed by atoms with Crippen molar-refractivity contribution in [3.05, 3.63) is 23.5 Å². The van der Waals surface area contributed by atoms with Gasteiger partial charge in [-0.1, -0.05) is 17.7 Å². The molecule has 0 saturated carbocycles. The highest BCUT2D eigenvalue weighted by atomic mass is 35.5. The Morgan fingerprint density at radius 1 is 1.55 bits per heavy atom. The number of hydrogen-bond donors (Lipinski definition) is 2. The average Bonchev–Trinajstić information content (AvgIpc) is 2.04. The van der Waals surface area contributed by atoms with Crippen LogP contribution in [0.4, 0.5) is 0 Å². The molecule has 0 aromatic rings. The molecular weight excluding hydrogens is 160 g/mol. The summed E-state index contributed by atoms with van der Waals surface area (Å²) in [6.45, 7) is 1.06. The fourth-order valence-corrected chi connectivity index (χ4v) is 1.61. The first-order valence-electron chi connectivity index (χ1n) is 3.92. The summed E-state index contributed by atoms with van der Waals surface area (Å²) in [6.07, 6.45) is 6.47. The second-order valence-corrected chi connectivity index (χ2v) is 3.31. The number of alkyl halides is 1. The minimum absolute atomic E-state index is 0.0423. The largest absolute Gasteiger partial charge is 0.372 e. The topological polar surface area (TPSA) is 24.1 Å². The summed E-state index contributed by atoms with van der Waals surface area (Å²) in [7, 11) is 0. The van der Waals surface area contributed by atoms with Crippen molar-refractivity contribution in [1.29, 1.82) is 0 Å². The van der Waals surface area contributed by atoms with Gasteiger partial charge in [0.2, 0.25) is 0 Å². The van der Waals surface area contributed by atoms with Crippen LogP contribution in [0.2, 0.25) is 0 Å². The predicted molar refractivity (Wildman–Crippen MR) is 46.2 cm³/mol. The molecule has 0 bridgehead atoms. The van der Waals surface area contributed by atoms with Gasteiger partial charge in [0.15, 0.2) is 0 Å². The van der Waals surface area contributed by atoms with Crippen LogP contribution in [0.3, 0.4) is 0 Å². The van der Waals surface area contributed by atoms with Crippen LogP contribution < -0.4 is 10.6 Å². The van der Waals surface area contributed by atoms with Crippen molar-refractivity contribution in [3.8, 4) is 0 Å². The van der Waals surface area contributed by atoms with Crippen molar-refractivity contribution in [2.45, 2.75) is 18.3 Å². The number of dihydropyridines is 1. The Hall–Kier alpha value is -0.630. The van der Waals surface area contributed by atoms with Gasteiger partial charge in [-0.15, -0.1) is 0 Å². The summed E-state index contributed by atoms with van der Waals surface area (Å²) in [5.41, 5.74) is 1.31. The third-order valence-electron chi connectivity index (χ3n) is 1.99. The van der Waals surface area contributed by atoms with Crippen molar-refractivity contribution in [3.63, 3.8) is 0 Å². The smallest absolute Gasteiger partial charge is 0.121 e. The van der Waals surface area contributed by atoms with E-state index in [4.69, 9.17) is 11.6 Å². The highest BCUT2D eigenvalue weighted by molar-refractivity contribution is 6.21. The van der Waals surface area contributed by atoms with Crippen LogP contribution in [0.15, 0.2) is 23.5 Å². The quantitative estimate of drug-likeness (QED) is 0.423.